The molecular weight excluding hydrogens is 251 g/mol. The highest BCUT2D eigenvalue weighted by Crippen LogP contribution is 2.19. The summed E-state index contributed by atoms with van der Waals surface area (Å²) in [7, 11) is 0. The fourth-order valence-electron chi connectivity index (χ4n) is 1.71. The van der Waals surface area contributed by atoms with Gasteiger partial charge in [0.2, 0.25) is 0 Å². The lowest BCUT2D eigenvalue weighted by molar-refractivity contribution is -0.139. The molecule has 1 aromatic carbocycles. The van der Waals surface area contributed by atoms with E-state index in [1.165, 1.54) is 0 Å². The van der Waals surface area contributed by atoms with Crippen molar-refractivity contribution in [2.45, 2.75) is 19.0 Å². The van der Waals surface area contributed by atoms with E-state index in [4.69, 9.17) is 10.8 Å². The third-order valence-corrected chi connectivity index (χ3v) is 2.49. The Labute approximate surface area is 106 Å². The molecule has 2 rings (SSSR count). The third kappa shape index (κ3) is 3.01. The molecule has 0 amide bonds. The number of hydrogen-bond acceptors (Lipinski definition) is 3. The first-order valence-electron chi connectivity index (χ1n) is 4.50. The number of nitrogens with one attached hydrogen (secondary N) is 1. The van der Waals surface area contributed by atoms with Crippen molar-refractivity contribution in [3.8, 4) is 0 Å². The van der Waals surface area contributed by atoms with Crippen molar-refractivity contribution in [3.05, 3.63) is 29.3 Å². The summed E-state index contributed by atoms with van der Waals surface area (Å²) in [5, 5.41) is 11.8. The molecule has 0 spiro atoms. The minimum absolute atomic E-state index is 0. The van der Waals surface area contributed by atoms with Crippen LogP contribution < -0.4 is 11.1 Å². The van der Waals surface area contributed by atoms with Crippen LogP contribution in [0.25, 0.3) is 0 Å². The van der Waals surface area contributed by atoms with E-state index in [1.54, 1.807) is 0 Å². The largest absolute Gasteiger partial charge is 0.480 e. The van der Waals surface area contributed by atoms with Crippen LogP contribution in [-0.4, -0.2) is 17.1 Å². The van der Waals surface area contributed by atoms with E-state index in [1.807, 2.05) is 18.2 Å². The predicted octanol–water partition coefficient (Wildman–Crippen LogP) is 1.21. The van der Waals surface area contributed by atoms with E-state index in [9.17, 15) is 4.79 Å². The van der Waals surface area contributed by atoms with Gasteiger partial charge in [-0.15, -0.1) is 24.8 Å². The molecule has 0 unspecified atom stereocenters. The van der Waals surface area contributed by atoms with Crippen LogP contribution in [0, 0.1) is 0 Å². The molecule has 1 aromatic rings. The lowest BCUT2D eigenvalue weighted by Gasteiger charge is -2.23. The van der Waals surface area contributed by atoms with Crippen LogP contribution in [0.2, 0.25) is 0 Å². The summed E-state index contributed by atoms with van der Waals surface area (Å²) in [6.45, 7) is 0.581. The van der Waals surface area contributed by atoms with Crippen molar-refractivity contribution in [1.82, 2.24) is 5.32 Å². The van der Waals surface area contributed by atoms with Gasteiger partial charge in [0.05, 0.1) is 0 Å². The lowest BCUT2D eigenvalue weighted by atomic mass is 9.95. The number of aliphatic carboxylic acids is 1. The molecule has 0 radical (unpaired) electrons. The van der Waals surface area contributed by atoms with Gasteiger partial charge in [0.1, 0.15) is 6.04 Å². The van der Waals surface area contributed by atoms with Gasteiger partial charge < -0.3 is 16.2 Å². The van der Waals surface area contributed by atoms with Gasteiger partial charge in [-0.05, 0) is 29.7 Å². The number of halogens is 2. The highest BCUT2D eigenvalue weighted by Gasteiger charge is 2.23. The first-order valence-corrected chi connectivity index (χ1v) is 4.50. The highest BCUT2D eigenvalue weighted by molar-refractivity contribution is 5.85. The van der Waals surface area contributed by atoms with Gasteiger partial charge in [-0.2, -0.15) is 0 Å². The predicted molar refractivity (Wildman–Crippen MR) is 67.3 cm³/mol. The zero-order chi connectivity index (χ0) is 10.1. The Kier molecular flexibility index (Phi) is 5.58. The third-order valence-electron chi connectivity index (χ3n) is 2.49. The molecule has 0 aromatic heterocycles. The molecule has 6 heteroatoms. The Hall–Kier alpha value is -0.970. The zero-order valence-electron chi connectivity index (χ0n) is 8.47. The van der Waals surface area contributed by atoms with Crippen LogP contribution in [0.1, 0.15) is 11.1 Å². The summed E-state index contributed by atoms with van der Waals surface area (Å²) in [4.78, 5) is 10.7. The highest BCUT2D eigenvalue weighted by atomic mass is 35.5. The average Bonchev–Trinajstić information content (AvgIpc) is 2.16. The first-order chi connectivity index (χ1) is 6.66. The lowest BCUT2D eigenvalue weighted by Crippen LogP contribution is -2.41. The number of benzene rings is 1. The smallest absolute Gasteiger partial charge is 0.321 e. The molecule has 0 bridgehead atoms. The first kappa shape index (κ1) is 15.0. The monoisotopic (exact) mass is 264 g/mol. The van der Waals surface area contributed by atoms with Crippen LogP contribution in [-0.2, 0) is 17.8 Å². The Bertz CT molecular complexity index is 385. The van der Waals surface area contributed by atoms with E-state index < -0.39 is 12.0 Å². The number of carboxylic acid groups (broad SMARTS) is 1. The van der Waals surface area contributed by atoms with E-state index in [-0.39, 0.29) is 24.8 Å². The number of carbonyl (C=O) groups is 1. The molecule has 0 aliphatic carbocycles. The second-order valence-electron chi connectivity index (χ2n) is 3.50. The second-order valence-corrected chi connectivity index (χ2v) is 3.50. The molecule has 1 aliphatic rings. The van der Waals surface area contributed by atoms with Gasteiger partial charge in [-0.25, -0.2) is 0 Å². The molecule has 0 fully saturated rings. The molecule has 0 saturated carbocycles. The maximum Gasteiger partial charge on any atom is 0.321 e. The van der Waals surface area contributed by atoms with Crippen molar-refractivity contribution in [2.75, 3.05) is 5.73 Å². The van der Waals surface area contributed by atoms with Crippen molar-refractivity contribution in [2.24, 2.45) is 0 Å². The molecule has 1 aliphatic heterocycles. The quantitative estimate of drug-likeness (QED) is 0.667. The second kappa shape index (κ2) is 5.94. The summed E-state index contributed by atoms with van der Waals surface area (Å²) in [6.07, 6.45) is 0.533. The van der Waals surface area contributed by atoms with E-state index in [2.05, 4.69) is 5.32 Å². The SMILES string of the molecule is Cl.Cl.Nc1ccc2c(c1)CN[C@@H](C(=O)O)C2. The van der Waals surface area contributed by atoms with Crippen LogP contribution >= 0.6 is 24.8 Å². The van der Waals surface area contributed by atoms with E-state index in [0.29, 0.717) is 13.0 Å². The van der Waals surface area contributed by atoms with Crippen LogP contribution in [0.5, 0.6) is 0 Å². The van der Waals surface area contributed by atoms with Crippen LogP contribution in [0.15, 0.2) is 18.2 Å². The van der Waals surface area contributed by atoms with Gasteiger partial charge in [0.15, 0.2) is 0 Å². The topological polar surface area (TPSA) is 75.3 Å². The van der Waals surface area contributed by atoms with Crippen molar-refractivity contribution < 1.29 is 9.90 Å². The molecule has 16 heavy (non-hydrogen) atoms. The Morgan fingerprint density at radius 2 is 2.06 bits per heavy atom. The number of nitrogen functional groups attached to an aromatic ring is 1. The van der Waals surface area contributed by atoms with Gasteiger partial charge >= 0.3 is 5.97 Å². The fraction of sp³-hybridized carbons (Fsp3) is 0.300. The molecule has 1 heterocycles. The summed E-state index contributed by atoms with van der Waals surface area (Å²) in [6, 6.07) is 5.14. The average molecular weight is 265 g/mol. The number of hydrogen-bond donors (Lipinski definition) is 3. The fourth-order valence-corrected chi connectivity index (χ4v) is 1.71. The van der Waals surface area contributed by atoms with Gasteiger partial charge in [-0.3, -0.25) is 4.79 Å². The number of fused-ring (bicyclic) bond motifs is 1. The molecule has 90 valence electrons. The molecule has 4 nitrogen and oxygen atoms in total. The number of rotatable bonds is 1. The molecule has 4 N–H and O–H groups in total. The van der Waals surface area contributed by atoms with Crippen molar-refractivity contribution in [1.29, 1.82) is 0 Å². The molecule has 0 saturated heterocycles. The Morgan fingerprint density at radius 1 is 1.38 bits per heavy atom. The Morgan fingerprint density at radius 3 is 2.69 bits per heavy atom. The van der Waals surface area contributed by atoms with Gasteiger partial charge in [-0.1, -0.05) is 6.07 Å². The summed E-state index contributed by atoms with van der Waals surface area (Å²) in [5.41, 5.74) is 8.53. The normalized spacial score (nSPS) is 17.6. The maximum atomic E-state index is 10.7. The summed E-state index contributed by atoms with van der Waals surface area (Å²) >= 11 is 0. The number of nitrogens with two attached hydrogens (primary N) is 1. The van der Waals surface area contributed by atoms with Gasteiger partial charge in [0.25, 0.3) is 0 Å². The minimum Gasteiger partial charge on any atom is -0.480 e. The van der Waals surface area contributed by atoms with Crippen molar-refractivity contribution >= 4 is 36.5 Å². The maximum absolute atomic E-state index is 10.7. The molecule has 1 atom stereocenters. The molecular formula is C10H14Cl2N2O2. The number of carboxylic acids is 1. The van der Waals surface area contributed by atoms with E-state index >= 15 is 0 Å². The van der Waals surface area contributed by atoms with Crippen LogP contribution in [0.4, 0.5) is 5.69 Å². The van der Waals surface area contributed by atoms with Crippen molar-refractivity contribution in [3.63, 3.8) is 0 Å². The van der Waals surface area contributed by atoms with Crippen LogP contribution in [0.3, 0.4) is 0 Å². The van der Waals surface area contributed by atoms with E-state index in [0.717, 1.165) is 16.8 Å². The summed E-state index contributed by atoms with van der Waals surface area (Å²) in [5.74, 6) is -0.799. The zero-order valence-corrected chi connectivity index (χ0v) is 10.1. The number of anilines is 1. The van der Waals surface area contributed by atoms with Gasteiger partial charge in [0, 0.05) is 12.2 Å². The minimum atomic E-state index is -0.799. The Balaban J connectivity index is 0.00000112. The standard InChI is InChI=1S/C10H12N2O2.2ClH/c11-8-2-1-6-4-9(10(13)14)12-5-7(6)3-8;;/h1-3,9,12H,4-5,11H2,(H,13,14);2*1H/t9-;;/m1../s1. The summed E-state index contributed by atoms with van der Waals surface area (Å²) < 4.78 is 0.